The molecule has 72 valence electrons. The molecule has 1 aliphatic heterocycles. The smallest absolute Gasteiger partial charge is 0.0613 e. The average molecular weight is 190 g/mol. The third kappa shape index (κ3) is 3.21. The molecule has 0 N–H and O–H groups in total. The van der Waals surface area contributed by atoms with Crippen LogP contribution in [0.3, 0.4) is 0 Å². The van der Waals surface area contributed by atoms with E-state index in [0.717, 1.165) is 31.8 Å². The Bertz CT molecular complexity index is 155. The molecule has 1 saturated heterocycles. The van der Waals surface area contributed by atoms with Crippen LogP contribution in [0.25, 0.3) is 0 Å². The lowest BCUT2D eigenvalue weighted by atomic mass is 9.95. The summed E-state index contributed by atoms with van der Waals surface area (Å²) in [6, 6.07) is 0. The summed E-state index contributed by atoms with van der Waals surface area (Å²) >= 11 is -1.90. The summed E-state index contributed by atoms with van der Waals surface area (Å²) in [7, 11) is 0. The summed E-state index contributed by atoms with van der Waals surface area (Å²) in [5, 5.41) is 0. The third-order valence-electron chi connectivity index (χ3n) is 2.57. The average Bonchev–Trinajstić information content (AvgIpc) is 2.05. The Balaban J connectivity index is 2.21. The maximum atomic E-state index is 10.4. The molecule has 0 aromatic heterocycles. The van der Waals surface area contributed by atoms with E-state index in [4.69, 9.17) is 0 Å². The van der Waals surface area contributed by atoms with Crippen LogP contribution >= 0.6 is 0 Å². The summed E-state index contributed by atoms with van der Waals surface area (Å²) in [4.78, 5) is 2.01. The summed E-state index contributed by atoms with van der Waals surface area (Å²) in [6.07, 6.45) is 3.55. The van der Waals surface area contributed by atoms with Gasteiger partial charge >= 0.3 is 0 Å². The van der Waals surface area contributed by atoms with Crippen LogP contribution in [0.2, 0.25) is 0 Å². The first-order valence-corrected chi connectivity index (χ1v) is 5.75. The molecule has 0 saturated carbocycles. The van der Waals surface area contributed by atoms with Crippen LogP contribution in [0.4, 0.5) is 0 Å². The van der Waals surface area contributed by atoms with Crippen molar-refractivity contribution < 1.29 is 8.76 Å². The lowest BCUT2D eigenvalue weighted by Crippen LogP contribution is -2.35. The molecule has 1 unspecified atom stereocenters. The highest BCUT2D eigenvalue weighted by molar-refractivity contribution is 7.79. The molecule has 4 heteroatoms. The maximum absolute atomic E-state index is 10.4. The second-order valence-electron chi connectivity index (χ2n) is 3.40. The van der Waals surface area contributed by atoms with E-state index in [-0.39, 0.29) is 5.88 Å². The van der Waals surface area contributed by atoms with Crippen LogP contribution in [0.5, 0.6) is 0 Å². The Morgan fingerprint density at radius 2 is 2.08 bits per heavy atom. The minimum Gasteiger partial charge on any atom is -0.771 e. The zero-order valence-corrected chi connectivity index (χ0v) is 8.31. The second-order valence-corrected chi connectivity index (χ2v) is 4.27. The van der Waals surface area contributed by atoms with Crippen LogP contribution in [0.15, 0.2) is 0 Å². The normalized spacial score (nSPS) is 24.2. The SMILES string of the molecule is CCC1CCN(CS(=O)[O-])CC1. The van der Waals surface area contributed by atoms with Crippen molar-refractivity contribution in [1.29, 1.82) is 0 Å². The molecule has 0 bridgehead atoms. The fraction of sp³-hybridized carbons (Fsp3) is 1.00. The van der Waals surface area contributed by atoms with Crippen LogP contribution in [-0.2, 0) is 11.1 Å². The molecule has 0 radical (unpaired) electrons. The van der Waals surface area contributed by atoms with Crippen molar-refractivity contribution in [3.05, 3.63) is 0 Å². The first-order chi connectivity index (χ1) is 5.72. The molecule has 0 aromatic carbocycles. The highest BCUT2D eigenvalue weighted by Crippen LogP contribution is 2.19. The molecule has 1 heterocycles. The first kappa shape index (κ1) is 10.2. The van der Waals surface area contributed by atoms with Crippen molar-refractivity contribution in [3.63, 3.8) is 0 Å². The van der Waals surface area contributed by atoms with Gasteiger partial charge in [-0.1, -0.05) is 13.3 Å². The topological polar surface area (TPSA) is 43.4 Å². The molecule has 3 nitrogen and oxygen atoms in total. The zero-order valence-electron chi connectivity index (χ0n) is 7.49. The largest absolute Gasteiger partial charge is 0.771 e. The van der Waals surface area contributed by atoms with Crippen molar-refractivity contribution in [2.45, 2.75) is 26.2 Å². The number of rotatable bonds is 3. The van der Waals surface area contributed by atoms with Crippen molar-refractivity contribution in [3.8, 4) is 0 Å². The van der Waals surface area contributed by atoms with Crippen molar-refractivity contribution in [2.24, 2.45) is 5.92 Å². The van der Waals surface area contributed by atoms with Gasteiger partial charge in [-0.15, -0.1) is 0 Å². The monoisotopic (exact) mass is 190 g/mol. The second kappa shape index (κ2) is 4.94. The lowest BCUT2D eigenvalue weighted by Gasteiger charge is -2.31. The lowest BCUT2D eigenvalue weighted by molar-refractivity contribution is 0.204. The molecule has 0 aromatic rings. The van der Waals surface area contributed by atoms with E-state index in [1.54, 1.807) is 0 Å². The minimum atomic E-state index is -1.90. The third-order valence-corrected chi connectivity index (χ3v) is 3.15. The molecule has 1 rings (SSSR count). The minimum absolute atomic E-state index is 0.219. The Labute approximate surface area is 76.4 Å². The Morgan fingerprint density at radius 3 is 2.50 bits per heavy atom. The van der Waals surface area contributed by atoms with Gasteiger partial charge in [0.15, 0.2) is 0 Å². The number of nitrogens with zero attached hydrogens (tertiary/aromatic N) is 1. The quantitative estimate of drug-likeness (QED) is 0.622. The Hall–Kier alpha value is 0.0700. The van der Waals surface area contributed by atoms with Crippen molar-refractivity contribution in [2.75, 3.05) is 19.0 Å². The first-order valence-electron chi connectivity index (χ1n) is 4.50. The molecule has 0 amide bonds. The highest BCUT2D eigenvalue weighted by atomic mass is 32.2. The van der Waals surface area contributed by atoms with E-state index in [9.17, 15) is 8.76 Å². The summed E-state index contributed by atoms with van der Waals surface area (Å²) in [6.45, 7) is 4.10. The standard InChI is InChI=1S/C8H17NO2S/c1-2-8-3-5-9(6-4-8)7-12(10)11/h8H,2-7H2,1H3,(H,10,11)/p-1. The van der Waals surface area contributed by atoms with E-state index in [1.165, 1.54) is 6.42 Å². The Kier molecular flexibility index (Phi) is 4.18. The van der Waals surface area contributed by atoms with Gasteiger partial charge in [0.1, 0.15) is 0 Å². The van der Waals surface area contributed by atoms with E-state index in [0.29, 0.717) is 0 Å². The van der Waals surface area contributed by atoms with Gasteiger partial charge in [-0.25, -0.2) is 0 Å². The Morgan fingerprint density at radius 1 is 1.50 bits per heavy atom. The van der Waals surface area contributed by atoms with E-state index in [1.807, 2.05) is 4.90 Å². The van der Waals surface area contributed by atoms with E-state index < -0.39 is 11.1 Å². The number of likely N-dealkylation sites (tertiary alicyclic amines) is 1. The molecular weight excluding hydrogens is 174 g/mol. The van der Waals surface area contributed by atoms with Crippen LogP contribution < -0.4 is 0 Å². The number of hydrogen-bond acceptors (Lipinski definition) is 3. The van der Waals surface area contributed by atoms with Gasteiger partial charge in [0.05, 0.1) is 5.88 Å². The summed E-state index contributed by atoms with van der Waals surface area (Å²) in [5.41, 5.74) is 0. The summed E-state index contributed by atoms with van der Waals surface area (Å²) in [5.74, 6) is 1.04. The van der Waals surface area contributed by atoms with Gasteiger partial charge in [-0.05, 0) is 42.9 Å². The molecule has 1 atom stereocenters. The van der Waals surface area contributed by atoms with Crippen LogP contribution in [-0.4, -0.2) is 32.6 Å². The van der Waals surface area contributed by atoms with Gasteiger partial charge in [0.25, 0.3) is 0 Å². The van der Waals surface area contributed by atoms with E-state index in [2.05, 4.69) is 6.92 Å². The number of hydrogen-bond donors (Lipinski definition) is 0. The van der Waals surface area contributed by atoms with Gasteiger partial charge in [0.2, 0.25) is 0 Å². The molecule has 0 aliphatic carbocycles. The van der Waals surface area contributed by atoms with E-state index >= 15 is 0 Å². The zero-order chi connectivity index (χ0) is 8.97. The van der Waals surface area contributed by atoms with Crippen LogP contribution in [0.1, 0.15) is 26.2 Å². The van der Waals surface area contributed by atoms with Gasteiger partial charge < -0.3 is 4.55 Å². The molecule has 0 spiro atoms. The van der Waals surface area contributed by atoms with Gasteiger partial charge in [0, 0.05) is 0 Å². The molecular formula is C8H16NO2S-. The van der Waals surface area contributed by atoms with Gasteiger partial charge in [-0.2, -0.15) is 0 Å². The maximum Gasteiger partial charge on any atom is 0.0613 e. The predicted molar refractivity (Wildman–Crippen MR) is 48.4 cm³/mol. The predicted octanol–water partition coefficient (Wildman–Crippen LogP) is 0.945. The fourth-order valence-electron chi connectivity index (χ4n) is 1.67. The highest BCUT2D eigenvalue weighted by Gasteiger charge is 2.16. The fourth-order valence-corrected chi connectivity index (χ4v) is 2.23. The van der Waals surface area contributed by atoms with Gasteiger partial charge in [-0.3, -0.25) is 9.11 Å². The molecule has 1 fully saturated rings. The van der Waals surface area contributed by atoms with Crippen molar-refractivity contribution in [1.82, 2.24) is 4.90 Å². The molecule has 12 heavy (non-hydrogen) atoms. The summed E-state index contributed by atoms with van der Waals surface area (Å²) < 4.78 is 20.8. The van der Waals surface area contributed by atoms with Crippen LogP contribution in [0, 0.1) is 5.92 Å². The number of piperidine rings is 1. The van der Waals surface area contributed by atoms with Crippen molar-refractivity contribution >= 4 is 11.1 Å². The molecule has 1 aliphatic rings.